The first-order valence-corrected chi connectivity index (χ1v) is 14.0. The highest BCUT2D eigenvalue weighted by Crippen LogP contribution is 2.31. The minimum atomic E-state index is -0.957. The summed E-state index contributed by atoms with van der Waals surface area (Å²) >= 11 is 1.26. The molecular formula is C30H30FN5O2S. The molecule has 1 N–H and O–H groups in total. The van der Waals surface area contributed by atoms with Gasteiger partial charge in [-0.3, -0.25) is 14.5 Å². The van der Waals surface area contributed by atoms with E-state index in [0.717, 1.165) is 31.2 Å². The third-order valence-corrected chi connectivity index (χ3v) is 7.89. The molecule has 1 aliphatic carbocycles. The van der Waals surface area contributed by atoms with Crippen LogP contribution < -0.4 is 10.2 Å². The number of aromatic nitrogens is 3. The fourth-order valence-corrected chi connectivity index (χ4v) is 5.68. The van der Waals surface area contributed by atoms with Crippen LogP contribution in [0.15, 0.2) is 90.1 Å². The van der Waals surface area contributed by atoms with E-state index in [2.05, 4.69) is 15.5 Å². The normalized spacial score (nSPS) is 14.2. The van der Waals surface area contributed by atoms with Crippen LogP contribution in [0.5, 0.6) is 0 Å². The molecule has 7 nitrogen and oxygen atoms in total. The molecule has 1 fully saturated rings. The van der Waals surface area contributed by atoms with E-state index in [4.69, 9.17) is 0 Å². The maximum Gasteiger partial charge on any atom is 0.248 e. The monoisotopic (exact) mass is 543 g/mol. The molecule has 2 amide bonds. The van der Waals surface area contributed by atoms with Crippen LogP contribution in [0.25, 0.3) is 11.4 Å². The van der Waals surface area contributed by atoms with Gasteiger partial charge in [0.2, 0.25) is 11.8 Å². The van der Waals surface area contributed by atoms with Gasteiger partial charge in [0, 0.05) is 24.3 Å². The summed E-state index contributed by atoms with van der Waals surface area (Å²) in [4.78, 5) is 29.2. The second-order valence-electron chi connectivity index (χ2n) is 9.56. The lowest BCUT2D eigenvalue weighted by Crippen LogP contribution is -2.47. The highest BCUT2D eigenvalue weighted by Gasteiger charge is 2.34. The number of thioether (sulfide) groups is 1. The van der Waals surface area contributed by atoms with Crippen molar-refractivity contribution in [2.75, 3.05) is 10.7 Å². The number of hydrogen-bond acceptors (Lipinski definition) is 5. The number of anilines is 1. The minimum Gasteiger partial charge on any atom is -0.351 e. The highest BCUT2D eigenvalue weighted by atomic mass is 32.2. The Morgan fingerprint density at radius 3 is 2.28 bits per heavy atom. The molecule has 0 radical (unpaired) electrons. The third kappa shape index (κ3) is 6.20. The first-order valence-electron chi connectivity index (χ1n) is 13.0. The summed E-state index contributed by atoms with van der Waals surface area (Å²) in [7, 11) is 1.86. The summed E-state index contributed by atoms with van der Waals surface area (Å²) in [5.41, 5.74) is 2.05. The Bertz CT molecular complexity index is 1410. The Hall–Kier alpha value is -3.98. The number of carbonyl (C=O) groups excluding carboxylic acids is 2. The van der Waals surface area contributed by atoms with Gasteiger partial charge < -0.3 is 9.88 Å². The minimum absolute atomic E-state index is 0.0318. The first kappa shape index (κ1) is 26.6. The van der Waals surface area contributed by atoms with E-state index < -0.39 is 11.9 Å². The van der Waals surface area contributed by atoms with Gasteiger partial charge in [-0.15, -0.1) is 10.2 Å². The predicted octanol–water partition coefficient (Wildman–Crippen LogP) is 5.55. The molecule has 1 heterocycles. The molecule has 0 spiro atoms. The van der Waals surface area contributed by atoms with Gasteiger partial charge in [0.1, 0.15) is 11.9 Å². The number of amides is 2. The number of nitrogens with one attached hydrogen (secondary N) is 1. The van der Waals surface area contributed by atoms with E-state index in [1.807, 2.05) is 60.1 Å². The van der Waals surface area contributed by atoms with Crippen LogP contribution in [0.4, 0.5) is 10.1 Å². The predicted molar refractivity (Wildman–Crippen MR) is 151 cm³/mol. The van der Waals surface area contributed by atoms with Gasteiger partial charge in [0.05, 0.1) is 5.75 Å². The Balaban J connectivity index is 1.44. The van der Waals surface area contributed by atoms with Gasteiger partial charge in [0.15, 0.2) is 11.0 Å². The topological polar surface area (TPSA) is 80.1 Å². The van der Waals surface area contributed by atoms with Crippen LogP contribution in [-0.2, 0) is 16.6 Å². The van der Waals surface area contributed by atoms with Crippen LogP contribution in [0, 0.1) is 5.82 Å². The quantitative estimate of drug-likeness (QED) is 0.280. The van der Waals surface area contributed by atoms with Crippen LogP contribution in [0.2, 0.25) is 0 Å². The van der Waals surface area contributed by atoms with E-state index in [0.29, 0.717) is 22.2 Å². The zero-order chi connectivity index (χ0) is 27.2. The maximum atomic E-state index is 13.9. The number of rotatable bonds is 9. The molecule has 0 saturated heterocycles. The van der Waals surface area contributed by atoms with Crippen molar-refractivity contribution >= 4 is 29.3 Å². The van der Waals surface area contributed by atoms with Gasteiger partial charge in [-0.2, -0.15) is 0 Å². The lowest BCUT2D eigenvalue weighted by atomic mass is 10.0. The Morgan fingerprint density at radius 2 is 1.62 bits per heavy atom. The van der Waals surface area contributed by atoms with Crippen molar-refractivity contribution in [1.82, 2.24) is 20.1 Å². The summed E-state index contributed by atoms with van der Waals surface area (Å²) in [6.45, 7) is 0. The van der Waals surface area contributed by atoms with E-state index in [1.165, 1.54) is 28.8 Å². The number of para-hydroxylation sites is 1. The van der Waals surface area contributed by atoms with E-state index in [9.17, 15) is 14.0 Å². The Labute approximate surface area is 231 Å². The first-order chi connectivity index (χ1) is 19.0. The molecule has 3 aromatic carbocycles. The maximum absolute atomic E-state index is 13.9. The lowest BCUT2D eigenvalue weighted by Gasteiger charge is -2.32. The largest absolute Gasteiger partial charge is 0.351 e. The summed E-state index contributed by atoms with van der Waals surface area (Å²) in [6, 6.07) is 23.7. The third-order valence-electron chi connectivity index (χ3n) is 6.89. The van der Waals surface area contributed by atoms with Crippen molar-refractivity contribution < 1.29 is 14.0 Å². The van der Waals surface area contributed by atoms with Crippen molar-refractivity contribution in [3.8, 4) is 11.4 Å². The van der Waals surface area contributed by atoms with Crippen LogP contribution in [-0.4, -0.2) is 38.4 Å². The molecule has 0 bridgehead atoms. The van der Waals surface area contributed by atoms with E-state index >= 15 is 0 Å². The number of benzene rings is 3. The van der Waals surface area contributed by atoms with Crippen LogP contribution >= 0.6 is 11.8 Å². The van der Waals surface area contributed by atoms with Crippen molar-refractivity contribution in [3.05, 3.63) is 96.3 Å². The Morgan fingerprint density at radius 1 is 0.974 bits per heavy atom. The van der Waals surface area contributed by atoms with Crippen molar-refractivity contribution in [3.63, 3.8) is 0 Å². The second kappa shape index (κ2) is 12.3. The van der Waals surface area contributed by atoms with Crippen LogP contribution in [0.3, 0.4) is 0 Å². The van der Waals surface area contributed by atoms with E-state index in [-0.39, 0.29) is 23.6 Å². The summed E-state index contributed by atoms with van der Waals surface area (Å²) < 4.78 is 15.7. The number of hydrogen-bond donors (Lipinski definition) is 1. The van der Waals surface area contributed by atoms with Crippen molar-refractivity contribution in [2.45, 2.75) is 42.9 Å². The number of halogens is 1. The molecule has 9 heteroatoms. The van der Waals surface area contributed by atoms with Gasteiger partial charge in [-0.05, 0) is 42.7 Å². The van der Waals surface area contributed by atoms with Crippen LogP contribution in [0.1, 0.15) is 37.3 Å². The highest BCUT2D eigenvalue weighted by molar-refractivity contribution is 7.99. The number of carbonyl (C=O) groups is 2. The molecule has 1 aliphatic rings. The van der Waals surface area contributed by atoms with Crippen molar-refractivity contribution in [2.24, 2.45) is 7.05 Å². The average molecular weight is 544 g/mol. The molecule has 4 aromatic rings. The van der Waals surface area contributed by atoms with Gasteiger partial charge >= 0.3 is 0 Å². The van der Waals surface area contributed by atoms with Crippen molar-refractivity contribution in [1.29, 1.82) is 0 Å². The summed E-state index contributed by atoms with van der Waals surface area (Å²) in [5.74, 6) is -0.222. The Kier molecular flexibility index (Phi) is 8.36. The molecule has 0 aliphatic heterocycles. The molecule has 5 rings (SSSR count). The average Bonchev–Trinajstić information content (AvgIpc) is 3.61. The summed E-state index contributed by atoms with van der Waals surface area (Å²) in [5, 5.41) is 12.3. The van der Waals surface area contributed by atoms with E-state index in [1.54, 1.807) is 24.3 Å². The molecule has 39 heavy (non-hydrogen) atoms. The fourth-order valence-electron chi connectivity index (χ4n) is 4.91. The van der Waals surface area contributed by atoms with Gasteiger partial charge in [-0.25, -0.2) is 4.39 Å². The second-order valence-corrected chi connectivity index (χ2v) is 10.5. The molecule has 1 saturated carbocycles. The molecule has 1 atom stereocenters. The zero-order valence-corrected chi connectivity index (χ0v) is 22.5. The van der Waals surface area contributed by atoms with Gasteiger partial charge in [0.25, 0.3) is 0 Å². The standard InChI is InChI=1S/C30H30FN5O2S/c1-35-28(22-10-4-2-5-11-22)33-34-30(35)39-20-26(37)36(25-14-6-3-7-15-25)27(21-16-18-23(31)19-17-21)29(38)32-24-12-8-9-13-24/h2-7,10-11,14-19,24,27H,8-9,12-13,20H2,1H3,(H,32,38)/t27-/m1/s1. The SMILES string of the molecule is Cn1c(SCC(=O)N(c2ccccc2)[C@@H](C(=O)NC2CCCC2)c2ccc(F)cc2)nnc1-c1ccccc1. The molecule has 1 aromatic heterocycles. The molecule has 200 valence electrons. The smallest absolute Gasteiger partial charge is 0.248 e. The lowest BCUT2D eigenvalue weighted by molar-refractivity contribution is -0.126. The summed E-state index contributed by atoms with van der Waals surface area (Å²) in [6.07, 6.45) is 3.94. The number of nitrogens with zero attached hydrogens (tertiary/aromatic N) is 4. The zero-order valence-electron chi connectivity index (χ0n) is 21.7. The molecular weight excluding hydrogens is 513 g/mol. The van der Waals surface area contributed by atoms with Gasteiger partial charge in [-0.1, -0.05) is 85.3 Å². The fraction of sp³-hybridized carbons (Fsp3) is 0.267. The molecule has 0 unspecified atom stereocenters.